The van der Waals surface area contributed by atoms with Crippen LogP contribution < -0.4 is 0 Å². The van der Waals surface area contributed by atoms with Crippen LogP contribution in [0.5, 0.6) is 0 Å². The molecule has 1 aromatic heterocycles. The number of hydrogen-bond acceptors (Lipinski definition) is 2. The Hall–Kier alpha value is -1.57. The smallest absolute Gasteiger partial charge is 0.166 e. The van der Waals surface area contributed by atoms with Crippen LogP contribution in [0.15, 0.2) is 34.9 Å². The fourth-order valence-corrected chi connectivity index (χ4v) is 1.27. The molecule has 0 saturated carbocycles. The van der Waals surface area contributed by atoms with Crippen molar-refractivity contribution in [3.8, 4) is 0 Å². The van der Waals surface area contributed by atoms with Crippen molar-refractivity contribution < 1.29 is 9.21 Å². The Kier molecular flexibility index (Phi) is 1.89. The maximum Gasteiger partial charge on any atom is 0.166 e. The lowest BCUT2D eigenvalue weighted by atomic mass is 10.1. The van der Waals surface area contributed by atoms with Crippen LogP contribution in [0.25, 0.3) is 11.0 Å². The molecule has 0 bridgehead atoms. The Balaban J connectivity index is 2.54. The van der Waals surface area contributed by atoms with Gasteiger partial charge in [0.15, 0.2) is 5.78 Å². The molecule has 0 saturated heterocycles. The molecule has 0 unspecified atom stereocenters. The lowest BCUT2D eigenvalue weighted by molar-refractivity contribution is 0.103. The summed E-state index contributed by atoms with van der Waals surface area (Å²) in [7, 11) is 0. The van der Waals surface area contributed by atoms with Crippen molar-refractivity contribution in [3.05, 3.63) is 42.5 Å². The largest absolute Gasteiger partial charge is 0.464 e. The minimum atomic E-state index is 0.0262. The van der Waals surface area contributed by atoms with E-state index in [9.17, 15) is 4.79 Å². The lowest BCUT2D eigenvalue weighted by Crippen LogP contribution is -1.95. The topological polar surface area (TPSA) is 30.2 Å². The molecule has 0 amide bonds. The summed E-state index contributed by atoms with van der Waals surface area (Å²) in [6.45, 7) is 1.73. The molecule has 0 spiro atoms. The number of ketones is 1. The second-order valence-corrected chi connectivity index (χ2v) is 2.83. The van der Waals surface area contributed by atoms with E-state index in [1.807, 2.05) is 12.1 Å². The minimum Gasteiger partial charge on any atom is -0.464 e. The Morgan fingerprint density at radius 2 is 2.23 bits per heavy atom. The fourth-order valence-electron chi connectivity index (χ4n) is 1.27. The molecule has 2 rings (SSSR count). The van der Waals surface area contributed by atoms with Gasteiger partial charge < -0.3 is 4.42 Å². The molecule has 0 fully saturated rings. The quantitative estimate of drug-likeness (QED) is 0.653. The van der Waals surface area contributed by atoms with Crippen LogP contribution in [-0.4, -0.2) is 5.78 Å². The van der Waals surface area contributed by atoms with Crippen molar-refractivity contribution in [1.82, 2.24) is 0 Å². The molecule has 1 heterocycles. The summed E-state index contributed by atoms with van der Waals surface area (Å²) in [5, 5.41) is 1.02. The fraction of sp³-hybridized carbons (Fsp3) is 0.0909. The summed E-state index contributed by atoms with van der Waals surface area (Å²) in [6.07, 6.45) is 3.17. The van der Waals surface area contributed by atoms with Crippen LogP contribution in [0, 0.1) is 6.42 Å². The number of hydrogen-bond donors (Lipinski definition) is 0. The van der Waals surface area contributed by atoms with Crippen LogP contribution >= 0.6 is 0 Å². The molecular weight excluding hydrogens is 164 g/mol. The van der Waals surface area contributed by atoms with Crippen molar-refractivity contribution in [2.45, 2.75) is 6.92 Å². The zero-order valence-electron chi connectivity index (χ0n) is 7.28. The first-order valence-electron chi connectivity index (χ1n) is 4.12. The van der Waals surface area contributed by atoms with Gasteiger partial charge in [0.25, 0.3) is 0 Å². The number of Topliss-reactive ketones (excluding diaryl/α,β-unsaturated/α-hetero) is 1. The van der Waals surface area contributed by atoms with Gasteiger partial charge in [-0.25, -0.2) is 0 Å². The van der Waals surface area contributed by atoms with Gasteiger partial charge >= 0.3 is 0 Å². The van der Waals surface area contributed by atoms with Crippen LogP contribution in [0.2, 0.25) is 0 Å². The average Bonchev–Trinajstić information content (AvgIpc) is 2.63. The first kappa shape index (κ1) is 8.05. The first-order valence-corrected chi connectivity index (χ1v) is 4.12. The maximum atomic E-state index is 11.3. The van der Waals surface area contributed by atoms with E-state index in [1.165, 1.54) is 0 Å². The molecule has 1 aromatic carbocycles. The molecule has 1 radical (unpaired) electrons. The first-order chi connectivity index (χ1) is 6.31. The van der Waals surface area contributed by atoms with E-state index >= 15 is 0 Å². The monoisotopic (exact) mass is 173 g/mol. The third kappa shape index (κ3) is 1.35. The van der Waals surface area contributed by atoms with Gasteiger partial charge in [0.05, 0.1) is 6.26 Å². The molecule has 65 valence electrons. The summed E-state index contributed by atoms with van der Waals surface area (Å²) < 4.78 is 5.19. The van der Waals surface area contributed by atoms with Crippen molar-refractivity contribution in [2.75, 3.05) is 0 Å². The highest BCUT2D eigenvalue weighted by atomic mass is 16.3. The predicted molar refractivity (Wildman–Crippen MR) is 50.5 cm³/mol. The zero-order valence-corrected chi connectivity index (χ0v) is 7.28. The van der Waals surface area contributed by atoms with Gasteiger partial charge in [-0.15, -0.1) is 0 Å². The van der Waals surface area contributed by atoms with Crippen molar-refractivity contribution in [2.24, 2.45) is 0 Å². The number of fused-ring (bicyclic) bond motifs is 1. The van der Waals surface area contributed by atoms with Gasteiger partial charge in [0, 0.05) is 17.4 Å². The van der Waals surface area contributed by atoms with Crippen molar-refractivity contribution in [3.63, 3.8) is 0 Å². The Morgan fingerprint density at radius 1 is 1.38 bits per heavy atom. The normalized spacial score (nSPS) is 10.5. The van der Waals surface area contributed by atoms with E-state index in [0.29, 0.717) is 5.56 Å². The van der Waals surface area contributed by atoms with E-state index in [4.69, 9.17) is 4.42 Å². The molecule has 0 atom stereocenters. The Labute approximate surface area is 76.2 Å². The van der Waals surface area contributed by atoms with Crippen LogP contribution in [0.1, 0.15) is 17.3 Å². The summed E-state index contributed by atoms with van der Waals surface area (Å²) in [6, 6.07) is 7.33. The van der Waals surface area contributed by atoms with Crippen molar-refractivity contribution >= 4 is 16.8 Å². The lowest BCUT2D eigenvalue weighted by Gasteiger charge is -1.95. The molecule has 0 aliphatic rings. The second-order valence-electron chi connectivity index (χ2n) is 2.83. The summed E-state index contributed by atoms with van der Waals surface area (Å²) >= 11 is 0. The minimum absolute atomic E-state index is 0.0262. The van der Waals surface area contributed by atoms with E-state index in [2.05, 4.69) is 0 Å². The molecule has 13 heavy (non-hydrogen) atoms. The number of benzene rings is 1. The highest BCUT2D eigenvalue weighted by Crippen LogP contribution is 2.17. The summed E-state index contributed by atoms with van der Waals surface area (Å²) in [5.74, 6) is 0.0262. The molecule has 2 nitrogen and oxygen atoms in total. The van der Waals surface area contributed by atoms with Gasteiger partial charge in [0.2, 0.25) is 0 Å². The average molecular weight is 173 g/mol. The van der Waals surface area contributed by atoms with E-state index in [0.717, 1.165) is 11.0 Å². The van der Waals surface area contributed by atoms with Gasteiger partial charge in [0.1, 0.15) is 5.58 Å². The number of carbonyl (C=O) groups is 1. The SMILES string of the molecule is C[CH]C(=O)c1ccc2ccoc2c1. The summed E-state index contributed by atoms with van der Waals surface area (Å²) in [4.78, 5) is 11.3. The highest BCUT2D eigenvalue weighted by Gasteiger charge is 2.04. The second kappa shape index (κ2) is 3.05. The number of carbonyl (C=O) groups excluding carboxylic acids is 1. The molecule has 0 aliphatic heterocycles. The Bertz CT molecular complexity index is 440. The van der Waals surface area contributed by atoms with E-state index in [1.54, 1.807) is 31.7 Å². The van der Waals surface area contributed by atoms with Crippen LogP contribution in [0.3, 0.4) is 0 Å². The third-order valence-corrected chi connectivity index (χ3v) is 2.00. The maximum absolute atomic E-state index is 11.3. The number of rotatable bonds is 2. The zero-order chi connectivity index (χ0) is 9.26. The third-order valence-electron chi connectivity index (χ3n) is 2.00. The summed E-state index contributed by atoms with van der Waals surface area (Å²) in [5.41, 5.74) is 1.43. The van der Waals surface area contributed by atoms with E-state index < -0.39 is 0 Å². The molecule has 2 aromatic rings. The van der Waals surface area contributed by atoms with E-state index in [-0.39, 0.29) is 5.78 Å². The highest BCUT2D eigenvalue weighted by molar-refractivity contribution is 6.04. The predicted octanol–water partition coefficient (Wildman–Crippen LogP) is 2.84. The molecular formula is C11H9O2. The van der Waals surface area contributed by atoms with Crippen LogP contribution in [-0.2, 0) is 0 Å². The standard InChI is InChI=1S/C11H9O2/c1-2-10(12)9-4-3-8-5-6-13-11(8)7-9/h2-7H,1H3. The Morgan fingerprint density at radius 3 is 3.00 bits per heavy atom. The molecule has 0 N–H and O–H groups in total. The van der Waals surface area contributed by atoms with Gasteiger partial charge in [-0.3, -0.25) is 4.79 Å². The van der Waals surface area contributed by atoms with Gasteiger partial charge in [-0.1, -0.05) is 19.1 Å². The van der Waals surface area contributed by atoms with Gasteiger partial charge in [-0.05, 0) is 12.1 Å². The number of furan rings is 1. The van der Waals surface area contributed by atoms with Crippen LogP contribution in [0.4, 0.5) is 0 Å². The molecule has 0 aliphatic carbocycles. The van der Waals surface area contributed by atoms with Gasteiger partial charge in [-0.2, -0.15) is 0 Å². The molecule has 2 heteroatoms. The van der Waals surface area contributed by atoms with Crippen molar-refractivity contribution in [1.29, 1.82) is 0 Å².